The minimum Gasteiger partial charge on any atom is -0.289 e. The van der Waals surface area contributed by atoms with Crippen molar-refractivity contribution in [3.8, 4) is 0 Å². The minimum atomic E-state index is 0.163. The van der Waals surface area contributed by atoms with E-state index < -0.39 is 0 Å². The van der Waals surface area contributed by atoms with Crippen LogP contribution in [0.3, 0.4) is 0 Å². The van der Waals surface area contributed by atoms with Crippen LogP contribution in [0.4, 0.5) is 0 Å². The van der Waals surface area contributed by atoms with Gasteiger partial charge in [0.15, 0.2) is 5.43 Å². The molecule has 0 N–H and O–H groups in total. The van der Waals surface area contributed by atoms with Crippen LogP contribution in [0.5, 0.6) is 0 Å². The van der Waals surface area contributed by atoms with E-state index in [4.69, 9.17) is 0 Å². The van der Waals surface area contributed by atoms with Crippen molar-refractivity contribution in [1.82, 2.24) is 0 Å². The lowest BCUT2D eigenvalue weighted by atomic mass is 9.64. The van der Waals surface area contributed by atoms with Crippen molar-refractivity contribution in [3.63, 3.8) is 0 Å². The predicted octanol–water partition coefficient (Wildman–Crippen LogP) is 7.69. The molecule has 0 unspecified atom stereocenters. The molecule has 3 aromatic rings. The summed E-state index contributed by atoms with van der Waals surface area (Å²) in [6, 6.07) is 14.6. The van der Waals surface area contributed by atoms with Crippen LogP contribution in [-0.4, -0.2) is 0 Å². The van der Waals surface area contributed by atoms with E-state index in [1.807, 2.05) is 18.2 Å². The first-order valence-electron chi connectivity index (χ1n) is 10.4. The van der Waals surface area contributed by atoms with Crippen LogP contribution in [0.1, 0.15) is 72.3 Å². The first-order chi connectivity index (χ1) is 12.9. The molecule has 0 aliphatic carbocycles. The van der Waals surface area contributed by atoms with Crippen LogP contribution in [0.2, 0.25) is 0 Å². The number of hydrogen-bond acceptors (Lipinski definition) is 2. The van der Waals surface area contributed by atoms with E-state index in [1.165, 1.54) is 24.8 Å². The van der Waals surface area contributed by atoms with Gasteiger partial charge in [0.1, 0.15) is 0 Å². The molecule has 0 aliphatic rings. The lowest BCUT2D eigenvalue weighted by Crippen LogP contribution is -2.32. The Morgan fingerprint density at radius 2 is 1.44 bits per heavy atom. The van der Waals surface area contributed by atoms with Gasteiger partial charge in [-0.3, -0.25) is 4.79 Å². The summed E-state index contributed by atoms with van der Waals surface area (Å²) in [5.74, 6) is 0. The van der Waals surface area contributed by atoms with Crippen LogP contribution in [0.25, 0.3) is 20.2 Å². The minimum absolute atomic E-state index is 0.163. The molecule has 0 radical (unpaired) electrons. The van der Waals surface area contributed by atoms with E-state index in [9.17, 15) is 4.79 Å². The quantitative estimate of drug-likeness (QED) is 0.384. The van der Waals surface area contributed by atoms with E-state index in [2.05, 4.69) is 58.9 Å². The third-order valence-corrected chi connectivity index (χ3v) is 8.15. The smallest absolute Gasteiger partial charge is 0.195 e. The summed E-state index contributed by atoms with van der Waals surface area (Å²) in [5, 5.41) is 1.70. The summed E-state index contributed by atoms with van der Waals surface area (Å²) in [4.78, 5) is 12.9. The average Bonchev–Trinajstić information content (AvgIpc) is 2.72. The summed E-state index contributed by atoms with van der Waals surface area (Å²) < 4.78 is 2.20. The summed E-state index contributed by atoms with van der Waals surface area (Å²) >= 11 is 1.75. The Balaban J connectivity index is 2.19. The molecule has 0 saturated heterocycles. The molecule has 0 aliphatic heterocycles. The van der Waals surface area contributed by atoms with Gasteiger partial charge in [-0.05, 0) is 59.9 Å². The molecule has 0 atom stereocenters. The van der Waals surface area contributed by atoms with Crippen molar-refractivity contribution in [1.29, 1.82) is 0 Å². The molecule has 0 fully saturated rings. The summed E-state index contributed by atoms with van der Waals surface area (Å²) in [6.07, 6.45) is 5.88. The summed E-state index contributed by atoms with van der Waals surface area (Å²) in [7, 11) is 0. The molecule has 1 nitrogen and oxygen atoms in total. The molecule has 144 valence electrons. The molecule has 3 rings (SSSR count). The van der Waals surface area contributed by atoms with Gasteiger partial charge in [0.2, 0.25) is 0 Å². The Morgan fingerprint density at radius 3 is 2.07 bits per heavy atom. The lowest BCUT2D eigenvalue weighted by molar-refractivity contribution is 0.183. The molecule has 1 heterocycles. The van der Waals surface area contributed by atoms with Crippen molar-refractivity contribution >= 4 is 31.5 Å². The maximum absolute atomic E-state index is 12.9. The Kier molecular flexibility index (Phi) is 5.76. The number of hydrogen-bond donors (Lipinski definition) is 0. The van der Waals surface area contributed by atoms with E-state index >= 15 is 0 Å². The highest BCUT2D eigenvalue weighted by atomic mass is 32.1. The third kappa shape index (κ3) is 3.57. The molecule has 27 heavy (non-hydrogen) atoms. The second kappa shape index (κ2) is 7.75. The lowest BCUT2D eigenvalue weighted by Gasteiger charge is -2.41. The number of fused-ring (bicyclic) bond motifs is 2. The van der Waals surface area contributed by atoms with Gasteiger partial charge in [-0.2, -0.15) is 0 Å². The Morgan fingerprint density at radius 1 is 0.815 bits per heavy atom. The van der Waals surface area contributed by atoms with Crippen LogP contribution in [-0.2, 0) is 5.41 Å². The molecule has 0 amide bonds. The van der Waals surface area contributed by atoms with E-state index in [-0.39, 0.29) is 10.8 Å². The first-order valence-corrected chi connectivity index (χ1v) is 11.2. The SMILES string of the molecule is CCC(C)(CC)CC(CC)(CC)c1ccc2c(=O)c3ccccc3sc2c1. The Labute approximate surface area is 167 Å². The van der Waals surface area contributed by atoms with Gasteiger partial charge in [-0.1, -0.05) is 65.7 Å². The van der Waals surface area contributed by atoms with Gasteiger partial charge in [0.25, 0.3) is 0 Å². The molecule has 0 spiro atoms. The van der Waals surface area contributed by atoms with Gasteiger partial charge in [-0.25, -0.2) is 0 Å². The highest BCUT2D eigenvalue weighted by molar-refractivity contribution is 7.24. The van der Waals surface area contributed by atoms with E-state index in [1.54, 1.807) is 11.3 Å². The zero-order valence-electron chi connectivity index (χ0n) is 17.4. The van der Waals surface area contributed by atoms with Crippen molar-refractivity contribution in [2.75, 3.05) is 0 Å². The Hall–Kier alpha value is -1.67. The highest BCUT2D eigenvalue weighted by Crippen LogP contribution is 2.46. The van der Waals surface area contributed by atoms with Crippen molar-refractivity contribution < 1.29 is 0 Å². The summed E-state index contributed by atoms with van der Waals surface area (Å²) in [5.41, 5.74) is 2.10. The molecular weight excluding hydrogens is 348 g/mol. The van der Waals surface area contributed by atoms with Crippen LogP contribution in [0, 0.1) is 5.41 Å². The fraction of sp³-hybridized carbons (Fsp3) is 0.480. The fourth-order valence-corrected chi connectivity index (χ4v) is 5.57. The second-order valence-corrected chi connectivity index (χ2v) is 9.40. The van der Waals surface area contributed by atoms with Crippen LogP contribution < -0.4 is 5.43 Å². The Bertz CT molecular complexity index is 990. The van der Waals surface area contributed by atoms with Crippen molar-refractivity contribution in [2.24, 2.45) is 5.41 Å². The molecule has 0 saturated carbocycles. The first kappa shape index (κ1) is 20.1. The predicted molar refractivity (Wildman–Crippen MR) is 121 cm³/mol. The number of rotatable bonds is 7. The molecule has 1 aromatic heterocycles. The molecule has 0 bridgehead atoms. The van der Waals surface area contributed by atoms with Gasteiger partial charge in [-0.15, -0.1) is 11.3 Å². The molecule has 2 aromatic carbocycles. The van der Waals surface area contributed by atoms with Crippen molar-refractivity contribution in [2.45, 2.75) is 72.1 Å². The zero-order valence-corrected chi connectivity index (χ0v) is 18.2. The molecule has 2 heteroatoms. The highest BCUT2D eigenvalue weighted by Gasteiger charge is 2.36. The average molecular weight is 381 g/mol. The van der Waals surface area contributed by atoms with Crippen molar-refractivity contribution in [3.05, 3.63) is 58.3 Å². The van der Waals surface area contributed by atoms with Gasteiger partial charge in [0.05, 0.1) is 0 Å². The molecular formula is C25H32OS. The fourth-order valence-electron chi connectivity index (χ4n) is 4.46. The second-order valence-electron chi connectivity index (χ2n) is 8.32. The standard InChI is InChI=1S/C25H32OS/c1-6-24(5,7-2)17-25(8-3,9-4)18-14-15-20-22(16-18)27-21-13-11-10-12-19(21)23(20)26/h10-16H,6-9,17H2,1-5H3. The largest absolute Gasteiger partial charge is 0.289 e. The third-order valence-electron chi connectivity index (χ3n) is 7.02. The monoisotopic (exact) mass is 380 g/mol. The van der Waals surface area contributed by atoms with Crippen LogP contribution in [0.15, 0.2) is 47.3 Å². The van der Waals surface area contributed by atoms with E-state index in [0.29, 0.717) is 5.41 Å². The maximum atomic E-state index is 12.9. The number of benzene rings is 2. The van der Waals surface area contributed by atoms with Gasteiger partial charge >= 0.3 is 0 Å². The topological polar surface area (TPSA) is 17.1 Å². The van der Waals surface area contributed by atoms with Gasteiger partial charge < -0.3 is 0 Å². The summed E-state index contributed by atoms with van der Waals surface area (Å²) in [6.45, 7) is 11.7. The van der Waals surface area contributed by atoms with Gasteiger partial charge in [0, 0.05) is 20.2 Å². The van der Waals surface area contributed by atoms with Crippen LogP contribution >= 0.6 is 11.3 Å². The zero-order chi connectivity index (χ0) is 19.7. The van der Waals surface area contributed by atoms with E-state index in [0.717, 1.165) is 33.0 Å². The normalized spacial score (nSPS) is 12.8. The maximum Gasteiger partial charge on any atom is 0.195 e.